The highest BCUT2D eigenvalue weighted by Gasteiger charge is 2.29. The molecule has 0 aliphatic carbocycles. The molecule has 1 aliphatic heterocycles. The summed E-state index contributed by atoms with van der Waals surface area (Å²) in [4.78, 5) is 16.5. The van der Waals surface area contributed by atoms with Gasteiger partial charge in [0.15, 0.2) is 0 Å². The summed E-state index contributed by atoms with van der Waals surface area (Å²) in [5, 5.41) is 10.7. The molecule has 0 amide bonds. The molecule has 3 rings (SSSR count). The number of hydrogen-bond donors (Lipinski definition) is 0. The van der Waals surface area contributed by atoms with Crippen molar-refractivity contribution in [2.75, 3.05) is 31.1 Å². The Hall–Kier alpha value is -2.52. The normalized spacial score (nSPS) is 15.8. The van der Waals surface area contributed by atoms with Crippen LogP contribution in [0.25, 0.3) is 0 Å². The van der Waals surface area contributed by atoms with Gasteiger partial charge in [0.1, 0.15) is 12.0 Å². The molecule has 138 valence electrons. The van der Waals surface area contributed by atoms with Gasteiger partial charge in [0.2, 0.25) is 10.0 Å². The van der Waals surface area contributed by atoms with Crippen LogP contribution in [0.1, 0.15) is 11.1 Å². The SMILES string of the molecule is Cc1ccc(S(=O)(=O)N2CCN(c3ccc([N+](=O)[O-])cn3)CC2)cc1C. The number of piperazine rings is 1. The number of benzene rings is 1. The van der Waals surface area contributed by atoms with Gasteiger partial charge in [0, 0.05) is 32.2 Å². The lowest BCUT2D eigenvalue weighted by atomic mass is 10.1. The van der Waals surface area contributed by atoms with Crippen molar-refractivity contribution >= 4 is 21.5 Å². The molecule has 1 aromatic heterocycles. The maximum absolute atomic E-state index is 12.8. The molecule has 0 spiro atoms. The molecule has 9 heteroatoms. The highest BCUT2D eigenvalue weighted by molar-refractivity contribution is 7.89. The molecule has 0 radical (unpaired) electrons. The lowest BCUT2D eigenvalue weighted by Crippen LogP contribution is -2.48. The fourth-order valence-corrected chi connectivity index (χ4v) is 4.36. The van der Waals surface area contributed by atoms with Gasteiger partial charge in [-0.1, -0.05) is 6.07 Å². The third kappa shape index (κ3) is 3.54. The maximum Gasteiger partial charge on any atom is 0.287 e. The molecule has 1 aromatic carbocycles. The third-order valence-corrected chi connectivity index (χ3v) is 6.52. The van der Waals surface area contributed by atoms with Crippen LogP contribution in [0.5, 0.6) is 0 Å². The van der Waals surface area contributed by atoms with Crippen LogP contribution in [0.4, 0.5) is 11.5 Å². The monoisotopic (exact) mass is 376 g/mol. The first kappa shape index (κ1) is 18.3. The minimum Gasteiger partial charge on any atom is -0.354 e. The van der Waals surface area contributed by atoms with Crippen LogP contribution < -0.4 is 4.90 Å². The number of rotatable bonds is 4. The summed E-state index contributed by atoms with van der Waals surface area (Å²) in [6.45, 7) is 5.49. The van der Waals surface area contributed by atoms with Crippen LogP contribution in [0.3, 0.4) is 0 Å². The lowest BCUT2D eigenvalue weighted by molar-refractivity contribution is -0.385. The fourth-order valence-electron chi connectivity index (χ4n) is 2.85. The molecule has 2 aromatic rings. The summed E-state index contributed by atoms with van der Waals surface area (Å²) in [5.74, 6) is 0.610. The molecule has 26 heavy (non-hydrogen) atoms. The third-order valence-electron chi connectivity index (χ3n) is 4.62. The Kier molecular flexibility index (Phi) is 4.92. The average Bonchev–Trinajstić information content (AvgIpc) is 2.64. The summed E-state index contributed by atoms with van der Waals surface area (Å²) in [7, 11) is -3.53. The van der Waals surface area contributed by atoms with E-state index in [1.54, 1.807) is 18.2 Å². The number of pyridine rings is 1. The first-order valence-corrected chi connectivity index (χ1v) is 9.66. The largest absolute Gasteiger partial charge is 0.354 e. The Bertz CT molecular complexity index is 920. The van der Waals surface area contributed by atoms with Crippen LogP contribution in [-0.2, 0) is 10.0 Å². The van der Waals surface area contributed by atoms with Crippen molar-refractivity contribution in [1.82, 2.24) is 9.29 Å². The van der Waals surface area contributed by atoms with Crippen molar-refractivity contribution in [3.63, 3.8) is 0 Å². The van der Waals surface area contributed by atoms with Gasteiger partial charge in [-0.25, -0.2) is 13.4 Å². The minimum atomic E-state index is -3.53. The number of hydrogen-bond acceptors (Lipinski definition) is 6. The van der Waals surface area contributed by atoms with Gasteiger partial charge in [0.25, 0.3) is 5.69 Å². The first-order chi connectivity index (χ1) is 12.3. The van der Waals surface area contributed by atoms with E-state index < -0.39 is 14.9 Å². The predicted molar refractivity (Wildman–Crippen MR) is 97.8 cm³/mol. The summed E-state index contributed by atoms with van der Waals surface area (Å²) in [6.07, 6.45) is 1.22. The molecule has 0 unspecified atom stereocenters. The summed E-state index contributed by atoms with van der Waals surface area (Å²) in [5.41, 5.74) is 1.93. The van der Waals surface area contributed by atoms with E-state index in [0.717, 1.165) is 11.1 Å². The van der Waals surface area contributed by atoms with Gasteiger partial charge in [0.05, 0.1) is 9.82 Å². The fraction of sp³-hybridized carbons (Fsp3) is 0.353. The summed E-state index contributed by atoms with van der Waals surface area (Å²) < 4.78 is 27.1. The highest BCUT2D eigenvalue weighted by Crippen LogP contribution is 2.22. The molecular formula is C17H20N4O4S. The van der Waals surface area contributed by atoms with Gasteiger partial charge >= 0.3 is 0 Å². The van der Waals surface area contributed by atoms with E-state index in [9.17, 15) is 18.5 Å². The second-order valence-corrected chi connectivity index (χ2v) is 8.21. The number of nitro groups is 1. The van der Waals surface area contributed by atoms with E-state index in [2.05, 4.69) is 4.98 Å². The average molecular weight is 376 g/mol. The molecular weight excluding hydrogens is 356 g/mol. The summed E-state index contributed by atoms with van der Waals surface area (Å²) >= 11 is 0. The van der Waals surface area contributed by atoms with Gasteiger partial charge in [-0.05, 0) is 43.2 Å². The number of nitrogens with zero attached hydrogens (tertiary/aromatic N) is 4. The molecule has 2 heterocycles. The van der Waals surface area contributed by atoms with E-state index in [1.165, 1.54) is 16.6 Å². The van der Waals surface area contributed by atoms with Crippen LogP contribution in [0.2, 0.25) is 0 Å². The standard InChI is InChI=1S/C17H20N4O4S/c1-13-3-5-16(11-14(13)2)26(24,25)20-9-7-19(8-10-20)17-6-4-15(12-18-17)21(22)23/h3-6,11-12H,7-10H2,1-2H3. The lowest BCUT2D eigenvalue weighted by Gasteiger charge is -2.34. The molecule has 0 saturated carbocycles. The van der Waals surface area contributed by atoms with Crippen molar-refractivity contribution in [1.29, 1.82) is 0 Å². The van der Waals surface area contributed by atoms with Crippen molar-refractivity contribution in [3.05, 3.63) is 57.8 Å². The van der Waals surface area contributed by atoms with Crippen molar-refractivity contribution in [2.45, 2.75) is 18.7 Å². The Morgan fingerprint density at radius 1 is 1.04 bits per heavy atom. The van der Waals surface area contributed by atoms with E-state index in [0.29, 0.717) is 36.9 Å². The Labute approximate surface area is 152 Å². The number of aryl methyl sites for hydroxylation is 2. The molecule has 1 fully saturated rings. The van der Waals surface area contributed by atoms with E-state index in [-0.39, 0.29) is 5.69 Å². The summed E-state index contributed by atoms with van der Waals surface area (Å²) in [6, 6.07) is 8.16. The molecule has 0 N–H and O–H groups in total. The Morgan fingerprint density at radius 2 is 1.73 bits per heavy atom. The zero-order chi connectivity index (χ0) is 18.9. The zero-order valence-electron chi connectivity index (χ0n) is 14.6. The Morgan fingerprint density at radius 3 is 2.27 bits per heavy atom. The topological polar surface area (TPSA) is 96.7 Å². The zero-order valence-corrected chi connectivity index (χ0v) is 15.4. The van der Waals surface area contributed by atoms with Crippen molar-refractivity contribution in [2.24, 2.45) is 0 Å². The van der Waals surface area contributed by atoms with E-state index >= 15 is 0 Å². The van der Waals surface area contributed by atoms with Crippen molar-refractivity contribution in [3.8, 4) is 0 Å². The van der Waals surface area contributed by atoms with E-state index in [1.807, 2.05) is 24.8 Å². The van der Waals surface area contributed by atoms with Crippen molar-refractivity contribution < 1.29 is 13.3 Å². The second kappa shape index (κ2) is 7.00. The second-order valence-electron chi connectivity index (χ2n) is 6.27. The minimum absolute atomic E-state index is 0.0651. The number of aromatic nitrogens is 1. The van der Waals surface area contributed by atoms with Gasteiger partial charge in [-0.15, -0.1) is 0 Å². The van der Waals surface area contributed by atoms with Gasteiger partial charge in [-0.2, -0.15) is 4.31 Å². The number of sulfonamides is 1. The molecule has 1 aliphatic rings. The quantitative estimate of drug-likeness (QED) is 0.599. The molecule has 0 atom stereocenters. The maximum atomic E-state index is 12.8. The van der Waals surface area contributed by atoms with Crippen LogP contribution in [-0.4, -0.2) is 48.8 Å². The first-order valence-electron chi connectivity index (χ1n) is 8.22. The predicted octanol–water partition coefficient (Wildman–Crippen LogP) is 2.12. The Balaban J connectivity index is 1.71. The molecule has 0 bridgehead atoms. The van der Waals surface area contributed by atoms with E-state index in [4.69, 9.17) is 0 Å². The van der Waals surface area contributed by atoms with Crippen LogP contribution >= 0.6 is 0 Å². The molecule has 8 nitrogen and oxygen atoms in total. The molecule has 1 saturated heterocycles. The highest BCUT2D eigenvalue weighted by atomic mass is 32.2. The van der Waals surface area contributed by atoms with Gasteiger partial charge < -0.3 is 4.90 Å². The van der Waals surface area contributed by atoms with Gasteiger partial charge in [-0.3, -0.25) is 10.1 Å². The van der Waals surface area contributed by atoms with Crippen LogP contribution in [0, 0.1) is 24.0 Å². The smallest absolute Gasteiger partial charge is 0.287 e. The number of anilines is 1. The van der Waals surface area contributed by atoms with Crippen LogP contribution in [0.15, 0.2) is 41.4 Å².